The van der Waals surface area contributed by atoms with Crippen LogP contribution in [0.1, 0.15) is 32.6 Å². The fraction of sp³-hybridized carbons (Fsp3) is 0.208. The van der Waals surface area contributed by atoms with E-state index < -0.39 is 0 Å². The standard InChI is InChI=1S/C24H25NO3/c1-17-9-11-22(13-18(17)2)28-16-21-14-20(10-12-23(21)27-3)24(26)25-15-19-7-5-4-6-8-19/h4-14H,15-16H2,1-3H3,(H,25,26). The Hall–Kier alpha value is -3.27. The zero-order valence-corrected chi connectivity index (χ0v) is 16.5. The van der Waals surface area contributed by atoms with Crippen molar-refractivity contribution in [3.05, 3.63) is 94.5 Å². The molecule has 3 aromatic rings. The molecule has 0 aliphatic rings. The summed E-state index contributed by atoms with van der Waals surface area (Å²) < 4.78 is 11.4. The molecule has 0 bridgehead atoms. The molecule has 0 saturated heterocycles. The summed E-state index contributed by atoms with van der Waals surface area (Å²) in [4.78, 5) is 12.5. The molecule has 0 spiro atoms. The normalized spacial score (nSPS) is 10.4. The van der Waals surface area contributed by atoms with E-state index >= 15 is 0 Å². The van der Waals surface area contributed by atoms with Gasteiger partial charge in [0, 0.05) is 17.7 Å². The molecule has 4 heteroatoms. The lowest BCUT2D eigenvalue weighted by molar-refractivity contribution is 0.0950. The van der Waals surface area contributed by atoms with E-state index in [1.165, 1.54) is 11.1 Å². The highest BCUT2D eigenvalue weighted by Gasteiger charge is 2.11. The second-order valence-corrected chi connectivity index (χ2v) is 6.73. The Labute approximate surface area is 166 Å². The van der Waals surface area contributed by atoms with E-state index in [2.05, 4.69) is 19.2 Å². The van der Waals surface area contributed by atoms with E-state index in [4.69, 9.17) is 9.47 Å². The van der Waals surface area contributed by atoms with Gasteiger partial charge in [-0.2, -0.15) is 0 Å². The van der Waals surface area contributed by atoms with Gasteiger partial charge >= 0.3 is 0 Å². The van der Waals surface area contributed by atoms with Crippen molar-refractivity contribution < 1.29 is 14.3 Å². The number of nitrogens with one attached hydrogen (secondary N) is 1. The van der Waals surface area contributed by atoms with Crippen molar-refractivity contribution in [2.75, 3.05) is 7.11 Å². The van der Waals surface area contributed by atoms with Crippen molar-refractivity contribution in [3.8, 4) is 11.5 Å². The molecule has 144 valence electrons. The van der Waals surface area contributed by atoms with Gasteiger partial charge in [-0.15, -0.1) is 0 Å². The van der Waals surface area contributed by atoms with Crippen LogP contribution in [-0.2, 0) is 13.2 Å². The summed E-state index contributed by atoms with van der Waals surface area (Å²) >= 11 is 0. The third-order valence-electron chi connectivity index (χ3n) is 4.71. The maximum atomic E-state index is 12.5. The number of rotatable bonds is 7. The number of ether oxygens (including phenoxy) is 2. The number of benzene rings is 3. The van der Waals surface area contributed by atoms with E-state index in [1.54, 1.807) is 19.2 Å². The Bertz CT molecular complexity index is 951. The number of hydrogen-bond donors (Lipinski definition) is 1. The highest BCUT2D eigenvalue weighted by Crippen LogP contribution is 2.23. The highest BCUT2D eigenvalue weighted by atomic mass is 16.5. The molecule has 0 fully saturated rings. The van der Waals surface area contributed by atoms with E-state index in [1.807, 2.05) is 54.6 Å². The molecule has 0 atom stereocenters. The number of aryl methyl sites for hydroxylation is 2. The number of carbonyl (C=O) groups is 1. The number of methoxy groups -OCH3 is 1. The summed E-state index contributed by atoms with van der Waals surface area (Å²) in [6.45, 7) is 4.94. The summed E-state index contributed by atoms with van der Waals surface area (Å²) in [5.74, 6) is 1.37. The molecule has 28 heavy (non-hydrogen) atoms. The van der Waals surface area contributed by atoms with Gasteiger partial charge in [-0.25, -0.2) is 0 Å². The molecule has 1 N–H and O–H groups in total. The predicted octanol–water partition coefficient (Wildman–Crippen LogP) is 4.82. The Morgan fingerprint density at radius 1 is 0.929 bits per heavy atom. The van der Waals surface area contributed by atoms with E-state index in [9.17, 15) is 4.79 Å². The summed E-state index contributed by atoms with van der Waals surface area (Å²) in [5, 5.41) is 2.95. The van der Waals surface area contributed by atoms with Crippen LogP contribution in [0.3, 0.4) is 0 Å². The average Bonchev–Trinajstić information content (AvgIpc) is 2.73. The Balaban J connectivity index is 1.70. The lowest BCUT2D eigenvalue weighted by atomic mass is 10.1. The van der Waals surface area contributed by atoms with Gasteiger partial charge in [0.25, 0.3) is 5.91 Å². The summed E-state index contributed by atoms with van der Waals surface area (Å²) in [6, 6.07) is 21.2. The minimum Gasteiger partial charge on any atom is -0.496 e. The third kappa shape index (κ3) is 4.92. The highest BCUT2D eigenvalue weighted by molar-refractivity contribution is 5.94. The van der Waals surface area contributed by atoms with Gasteiger partial charge < -0.3 is 14.8 Å². The molecular formula is C24H25NO3. The number of hydrogen-bond acceptors (Lipinski definition) is 3. The van der Waals surface area contributed by atoms with E-state index in [0.29, 0.717) is 24.5 Å². The Morgan fingerprint density at radius 2 is 1.71 bits per heavy atom. The molecule has 1 amide bonds. The fourth-order valence-electron chi connectivity index (χ4n) is 2.88. The quantitative estimate of drug-likeness (QED) is 0.644. The topological polar surface area (TPSA) is 47.6 Å². The van der Waals surface area contributed by atoms with Crippen molar-refractivity contribution in [2.45, 2.75) is 27.0 Å². The van der Waals surface area contributed by atoms with Gasteiger partial charge in [-0.05, 0) is 60.9 Å². The first-order chi connectivity index (χ1) is 13.6. The van der Waals surface area contributed by atoms with Crippen LogP contribution >= 0.6 is 0 Å². The van der Waals surface area contributed by atoms with Crippen molar-refractivity contribution >= 4 is 5.91 Å². The molecular weight excluding hydrogens is 350 g/mol. The third-order valence-corrected chi connectivity index (χ3v) is 4.71. The molecule has 0 aliphatic carbocycles. The SMILES string of the molecule is COc1ccc(C(=O)NCc2ccccc2)cc1COc1ccc(C)c(C)c1. The number of amides is 1. The van der Waals surface area contributed by atoms with Crippen LogP contribution in [0.2, 0.25) is 0 Å². The van der Waals surface area contributed by atoms with E-state index in [0.717, 1.165) is 16.9 Å². The molecule has 4 nitrogen and oxygen atoms in total. The second kappa shape index (κ2) is 9.09. The molecule has 3 aromatic carbocycles. The van der Waals surface area contributed by atoms with Gasteiger partial charge in [0.15, 0.2) is 0 Å². The molecule has 0 unspecified atom stereocenters. The first kappa shape index (κ1) is 19.5. The second-order valence-electron chi connectivity index (χ2n) is 6.73. The van der Waals surface area contributed by atoms with Gasteiger partial charge in [0.2, 0.25) is 0 Å². The Morgan fingerprint density at radius 3 is 2.43 bits per heavy atom. The van der Waals surface area contributed by atoms with Crippen molar-refractivity contribution in [3.63, 3.8) is 0 Å². The number of carbonyl (C=O) groups excluding carboxylic acids is 1. The first-order valence-corrected chi connectivity index (χ1v) is 9.26. The summed E-state index contributed by atoms with van der Waals surface area (Å²) in [7, 11) is 1.62. The summed E-state index contributed by atoms with van der Waals surface area (Å²) in [6.07, 6.45) is 0. The molecule has 0 radical (unpaired) electrons. The van der Waals surface area contributed by atoms with Crippen LogP contribution in [0.4, 0.5) is 0 Å². The molecule has 3 rings (SSSR count). The van der Waals surface area contributed by atoms with E-state index in [-0.39, 0.29) is 5.91 Å². The largest absolute Gasteiger partial charge is 0.496 e. The zero-order chi connectivity index (χ0) is 19.9. The summed E-state index contributed by atoms with van der Waals surface area (Å²) in [5.41, 5.74) is 4.87. The van der Waals surface area contributed by atoms with Gasteiger partial charge in [0.05, 0.1) is 7.11 Å². The van der Waals surface area contributed by atoms with Crippen LogP contribution in [0.25, 0.3) is 0 Å². The first-order valence-electron chi connectivity index (χ1n) is 9.26. The van der Waals surface area contributed by atoms with Crippen LogP contribution in [0.5, 0.6) is 11.5 Å². The fourth-order valence-corrected chi connectivity index (χ4v) is 2.88. The minimum absolute atomic E-state index is 0.126. The van der Waals surface area contributed by atoms with Gasteiger partial charge in [0.1, 0.15) is 18.1 Å². The maximum Gasteiger partial charge on any atom is 0.251 e. The molecule has 0 heterocycles. The maximum absolute atomic E-state index is 12.5. The van der Waals surface area contributed by atoms with Crippen molar-refractivity contribution in [2.24, 2.45) is 0 Å². The van der Waals surface area contributed by atoms with Gasteiger partial charge in [-0.1, -0.05) is 36.4 Å². The monoisotopic (exact) mass is 375 g/mol. The Kier molecular flexibility index (Phi) is 6.33. The van der Waals surface area contributed by atoms with Crippen LogP contribution in [-0.4, -0.2) is 13.0 Å². The minimum atomic E-state index is -0.126. The predicted molar refractivity (Wildman–Crippen MR) is 111 cm³/mol. The molecule has 0 saturated carbocycles. The average molecular weight is 375 g/mol. The molecule has 0 aliphatic heterocycles. The lowest BCUT2D eigenvalue weighted by Gasteiger charge is -2.13. The van der Waals surface area contributed by atoms with Gasteiger partial charge in [-0.3, -0.25) is 4.79 Å². The zero-order valence-electron chi connectivity index (χ0n) is 16.5. The smallest absolute Gasteiger partial charge is 0.251 e. The lowest BCUT2D eigenvalue weighted by Crippen LogP contribution is -2.23. The van der Waals surface area contributed by atoms with Crippen molar-refractivity contribution in [1.29, 1.82) is 0 Å². The van der Waals surface area contributed by atoms with Crippen LogP contribution < -0.4 is 14.8 Å². The van der Waals surface area contributed by atoms with Crippen LogP contribution in [0.15, 0.2) is 66.7 Å². The van der Waals surface area contributed by atoms with Crippen LogP contribution in [0, 0.1) is 13.8 Å². The molecule has 0 aromatic heterocycles. The van der Waals surface area contributed by atoms with Crippen molar-refractivity contribution in [1.82, 2.24) is 5.32 Å².